The second-order valence-electron chi connectivity index (χ2n) is 4.04. The SMILES string of the molecule is O=S(=O)(CCCCO)Nc1ccc(C(F)(F)F)cc1Cl. The Hall–Kier alpha value is -0.990. The molecule has 0 saturated carbocycles. The van der Waals surface area contributed by atoms with Crippen LogP contribution in [0, 0.1) is 0 Å². The van der Waals surface area contributed by atoms with E-state index in [9.17, 15) is 21.6 Å². The number of unbranched alkanes of at least 4 members (excludes halogenated alkanes) is 1. The van der Waals surface area contributed by atoms with E-state index in [0.29, 0.717) is 12.5 Å². The summed E-state index contributed by atoms with van der Waals surface area (Å²) >= 11 is 5.64. The molecule has 0 fully saturated rings. The number of alkyl halides is 3. The van der Waals surface area contributed by atoms with Crippen LogP contribution in [0.5, 0.6) is 0 Å². The molecule has 0 aliphatic heterocycles. The van der Waals surface area contributed by atoms with Gasteiger partial charge in [0, 0.05) is 6.61 Å². The lowest BCUT2D eigenvalue weighted by atomic mass is 10.2. The molecule has 114 valence electrons. The third kappa shape index (κ3) is 5.18. The van der Waals surface area contributed by atoms with Gasteiger partial charge in [-0.3, -0.25) is 4.72 Å². The van der Waals surface area contributed by atoms with Gasteiger partial charge >= 0.3 is 6.18 Å². The lowest BCUT2D eigenvalue weighted by Crippen LogP contribution is -2.17. The van der Waals surface area contributed by atoms with Crippen LogP contribution >= 0.6 is 11.6 Å². The van der Waals surface area contributed by atoms with Crippen molar-refractivity contribution in [1.29, 1.82) is 0 Å². The number of aliphatic hydroxyl groups excluding tert-OH is 1. The molecule has 0 aliphatic carbocycles. The molecule has 0 bridgehead atoms. The van der Waals surface area contributed by atoms with Crippen LogP contribution in [0.4, 0.5) is 18.9 Å². The molecule has 4 nitrogen and oxygen atoms in total. The van der Waals surface area contributed by atoms with E-state index in [4.69, 9.17) is 16.7 Å². The minimum atomic E-state index is -4.54. The lowest BCUT2D eigenvalue weighted by Gasteiger charge is -2.12. The minimum Gasteiger partial charge on any atom is -0.396 e. The van der Waals surface area contributed by atoms with Gasteiger partial charge in [0.15, 0.2) is 0 Å². The summed E-state index contributed by atoms with van der Waals surface area (Å²) < 4.78 is 62.7. The van der Waals surface area contributed by atoms with Crippen molar-refractivity contribution >= 4 is 27.3 Å². The quantitative estimate of drug-likeness (QED) is 0.788. The van der Waals surface area contributed by atoms with Crippen LogP contribution in [0.3, 0.4) is 0 Å². The van der Waals surface area contributed by atoms with Crippen LogP contribution < -0.4 is 4.72 Å². The van der Waals surface area contributed by atoms with E-state index < -0.39 is 21.8 Å². The molecule has 0 radical (unpaired) electrons. The zero-order chi connectivity index (χ0) is 15.4. The minimum absolute atomic E-state index is 0.108. The maximum Gasteiger partial charge on any atom is 0.416 e. The highest BCUT2D eigenvalue weighted by atomic mass is 35.5. The predicted molar refractivity (Wildman–Crippen MR) is 70.2 cm³/mol. The molecule has 0 atom stereocenters. The van der Waals surface area contributed by atoms with Crippen molar-refractivity contribution in [2.24, 2.45) is 0 Å². The Morgan fingerprint density at radius 1 is 1.25 bits per heavy atom. The van der Waals surface area contributed by atoms with E-state index in [1.807, 2.05) is 0 Å². The Balaban J connectivity index is 2.83. The standard InChI is InChI=1S/C11H13ClF3NO3S/c12-9-7-8(11(13,14)15)3-4-10(9)16-20(18,19)6-2-1-5-17/h3-4,7,16-17H,1-2,5-6H2. The summed E-state index contributed by atoms with van der Waals surface area (Å²) in [4.78, 5) is 0. The van der Waals surface area contributed by atoms with Gasteiger partial charge in [0.25, 0.3) is 0 Å². The Labute approximate surface area is 119 Å². The summed E-state index contributed by atoms with van der Waals surface area (Å²) in [5, 5.41) is 8.23. The van der Waals surface area contributed by atoms with Crippen molar-refractivity contribution in [3.05, 3.63) is 28.8 Å². The van der Waals surface area contributed by atoms with E-state index >= 15 is 0 Å². The number of aliphatic hydroxyl groups is 1. The molecular formula is C11H13ClF3NO3S. The van der Waals surface area contributed by atoms with E-state index in [2.05, 4.69) is 4.72 Å². The van der Waals surface area contributed by atoms with Gasteiger partial charge in [0.1, 0.15) is 0 Å². The second-order valence-corrected chi connectivity index (χ2v) is 6.29. The lowest BCUT2D eigenvalue weighted by molar-refractivity contribution is -0.137. The van der Waals surface area contributed by atoms with Gasteiger partial charge in [-0.1, -0.05) is 11.6 Å². The van der Waals surface area contributed by atoms with Crippen molar-refractivity contribution in [2.75, 3.05) is 17.1 Å². The zero-order valence-electron chi connectivity index (χ0n) is 10.2. The van der Waals surface area contributed by atoms with Crippen molar-refractivity contribution in [3.8, 4) is 0 Å². The maximum absolute atomic E-state index is 12.4. The monoisotopic (exact) mass is 331 g/mol. The number of nitrogens with one attached hydrogen (secondary N) is 1. The van der Waals surface area contributed by atoms with Crippen LogP contribution in [-0.2, 0) is 16.2 Å². The van der Waals surface area contributed by atoms with Crippen molar-refractivity contribution < 1.29 is 26.7 Å². The average molecular weight is 332 g/mol. The van der Waals surface area contributed by atoms with Gasteiger partial charge in [-0.2, -0.15) is 13.2 Å². The number of benzene rings is 1. The molecule has 0 spiro atoms. The fourth-order valence-corrected chi connectivity index (χ4v) is 2.88. The molecule has 9 heteroatoms. The molecule has 0 saturated heterocycles. The molecule has 0 aliphatic rings. The van der Waals surface area contributed by atoms with E-state index in [-0.39, 0.29) is 29.5 Å². The molecule has 1 aromatic rings. The van der Waals surface area contributed by atoms with Gasteiger partial charge in [-0.05, 0) is 31.0 Å². The van der Waals surface area contributed by atoms with Crippen LogP contribution in [0.15, 0.2) is 18.2 Å². The van der Waals surface area contributed by atoms with E-state index in [1.165, 1.54) is 0 Å². The van der Waals surface area contributed by atoms with Crippen LogP contribution in [0.2, 0.25) is 5.02 Å². The first-order valence-corrected chi connectivity index (χ1v) is 7.67. The third-order valence-corrected chi connectivity index (χ3v) is 4.05. The first-order valence-electron chi connectivity index (χ1n) is 5.64. The largest absolute Gasteiger partial charge is 0.416 e. The van der Waals surface area contributed by atoms with Gasteiger partial charge < -0.3 is 5.11 Å². The Kier molecular flexibility index (Phi) is 5.67. The number of hydrogen-bond acceptors (Lipinski definition) is 3. The van der Waals surface area contributed by atoms with Gasteiger partial charge in [-0.25, -0.2) is 8.42 Å². The number of rotatable bonds is 6. The fourth-order valence-electron chi connectivity index (χ4n) is 1.40. The molecule has 1 rings (SSSR count). The summed E-state index contributed by atoms with van der Waals surface area (Å²) in [5.41, 5.74) is -1.06. The van der Waals surface area contributed by atoms with Crippen molar-refractivity contribution in [2.45, 2.75) is 19.0 Å². The molecule has 0 heterocycles. The second kappa shape index (κ2) is 6.64. The maximum atomic E-state index is 12.4. The normalized spacial score (nSPS) is 12.4. The van der Waals surface area contributed by atoms with Gasteiger partial charge in [-0.15, -0.1) is 0 Å². The summed E-state index contributed by atoms with van der Waals surface area (Å²) in [6.07, 6.45) is -3.98. The van der Waals surface area contributed by atoms with Crippen LogP contribution in [0.1, 0.15) is 18.4 Å². The highest BCUT2D eigenvalue weighted by Gasteiger charge is 2.31. The summed E-state index contributed by atoms with van der Waals surface area (Å²) in [6.45, 7) is -0.128. The molecule has 20 heavy (non-hydrogen) atoms. The highest BCUT2D eigenvalue weighted by molar-refractivity contribution is 7.92. The molecule has 0 aromatic heterocycles. The number of sulfonamides is 1. The van der Waals surface area contributed by atoms with Crippen molar-refractivity contribution in [1.82, 2.24) is 0 Å². The summed E-state index contributed by atoms with van der Waals surface area (Å²) in [7, 11) is -3.70. The number of anilines is 1. The number of halogens is 4. The van der Waals surface area contributed by atoms with E-state index in [1.54, 1.807) is 0 Å². The van der Waals surface area contributed by atoms with Gasteiger partial charge in [0.05, 0.1) is 22.0 Å². The Morgan fingerprint density at radius 3 is 2.40 bits per heavy atom. The molecule has 0 unspecified atom stereocenters. The van der Waals surface area contributed by atoms with Gasteiger partial charge in [0.2, 0.25) is 10.0 Å². The van der Waals surface area contributed by atoms with Crippen LogP contribution in [0.25, 0.3) is 0 Å². The Bertz CT molecular complexity index is 561. The third-order valence-electron chi connectivity index (χ3n) is 2.38. The smallest absolute Gasteiger partial charge is 0.396 e. The topological polar surface area (TPSA) is 66.4 Å². The molecule has 0 amide bonds. The van der Waals surface area contributed by atoms with E-state index in [0.717, 1.165) is 12.1 Å². The van der Waals surface area contributed by atoms with Crippen LogP contribution in [-0.4, -0.2) is 25.9 Å². The average Bonchev–Trinajstić information content (AvgIpc) is 2.30. The fraction of sp³-hybridized carbons (Fsp3) is 0.455. The first kappa shape index (κ1) is 17.1. The first-order chi connectivity index (χ1) is 9.15. The molecular weight excluding hydrogens is 319 g/mol. The van der Waals surface area contributed by atoms with Crippen molar-refractivity contribution in [3.63, 3.8) is 0 Å². The zero-order valence-corrected chi connectivity index (χ0v) is 11.8. The number of hydrogen-bond donors (Lipinski definition) is 2. The Morgan fingerprint density at radius 2 is 1.90 bits per heavy atom. The molecule has 1 aromatic carbocycles. The predicted octanol–water partition coefficient (Wildman–Crippen LogP) is 2.87. The summed E-state index contributed by atoms with van der Waals surface area (Å²) in [5.74, 6) is -0.245. The summed E-state index contributed by atoms with van der Waals surface area (Å²) in [6, 6.07) is 2.37. The molecule has 2 N–H and O–H groups in total. The highest BCUT2D eigenvalue weighted by Crippen LogP contribution is 2.34.